The first-order valence-electron chi connectivity index (χ1n) is 40.0. The second-order valence-electron chi connectivity index (χ2n) is 39.7. The first-order chi connectivity index (χ1) is 47.3. The maximum atomic E-state index is 13.0. The van der Waals surface area contributed by atoms with Crippen LogP contribution in [0.1, 0.15) is 366 Å². The standard InChI is InChI=1S/C32H60N2O4.C28H52N2O6.C22H40N2O6/c1-12-24(28(36)38-26-22-31(6,7)34(11)32(8,9)23-26)18-16-14-13-15-17-19-27(35)37-25-20-29(2,3)33(10)30(4,5)21-25;1-25(2)17-21(18-26(3,4)29(25)33)35-23(31)15-13-11-9-10-12-14-16-24(32)36-22-19-27(5,6)30(34)28(7,8)20-22;1-19(2)11-15(12-20(3,4)23(19)27)29-17(25)9-10-18(26)30-16-13-21(5,6)24(28)22(7,8)14-16/h24-26H,12-23H2,1-11H3;21-22,33-34H,9-20H2,1-8H3;15-16,27-28H,9-14H2,1-8H3. The molecule has 0 spiro atoms. The molecule has 0 amide bonds. The summed E-state index contributed by atoms with van der Waals surface area (Å²) in [6.45, 7) is 51.0. The van der Waals surface area contributed by atoms with Crippen molar-refractivity contribution >= 4 is 35.8 Å². The van der Waals surface area contributed by atoms with Crippen LogP contribution in [0.15, 0.2) is 0 Å². The van der Waals surface area contributed by atoms with Crippen LogP contribution in [0.4, 0.5) is 0 Å². The SMILES string of the molecule is CC1(C)CC(OC(=O)CCC(=O)OC2CC(C)(C)N(O)C(C)(C)C2)CC(C)(C)N1O.CC1(C)CC(OC(=O)CCCCCCCCC(=O)OC2CC(C)(C)N(O)C(C)(C)C2)CC(C)(C)N1O.CCC(CCCCCCCC(=O)OC1CC(C)(C)N(C)C(C)(C)C1)C(=O)OC1CC(C)(C)N(C)C(C)(C)C1. The Labute approximate surface area is 629 Å². The Kier molecular flexibility index (Phi) is 33.0. The summed E-state index contributed by atoms with van der Waals surface area (Å²) in [5.74, 6) is -1.25. The third kappa shape index (κ3) is 27.5. The highest BCUT2D eigenvalue weighted by molar-refractivity contribution is 5.78. The monoisotopic (exact) mass is 1480 g/mol. The lowest BCUT2D eigenvalue weighted by molar-refractivity contribution is -0.260. The summed E-state index contributed by atoms with van der Waals surface area (Å²) in [6, 6.07) is 0. The van der Waals surface area contributed by atoms with Crippen molar-refractivity contribution in [1.29, 1.82) is 0 Å². The van der Waals surface area contributed by atoms with Crippen molar-refractivity contribution in [2.24, 2.45) is 5.92 Å². The Morgan fingerprint density at radius 2 is 0.452 bits per heavy atom. The molecule has 0 bridgehead atoms. The van der Waals surface area contributed by atoms with Gasteiger partial charge in [-0.05, 0) is 212 Å². The molecule has 22 heteroatoms. The topological polar surface area (TPSA) is 258 Å². The highest BCUT2D eigenvalue weighted by Crippen LogP contribution is 2.44. The summed E-state index contributed by atoms with van der Waals surface area (Å²) in [4.78, 5) is 79.5. The second kappa shape index (κ2) is 37.0. The van der Waals surface area contributed by atoms with E-state index < -0.39 is 56.3 Å². The van der Waals surface area contributed by atoms with Gasteiger partial charge < -0.3 is 49.3 Å². The van der Waals surface area contributed by atoms with Crippen LogP contribution >= 0.6 is 0 Å². The van der Waals surface area contributed by atoms with Gasteiger partial charge in [0.15, 0.2) is 0 Å². The summed E-state index contributed by atoms with van der Waals surface area (Å²) < 4.78 is 34.6. The Morgan fingerprint density at radius 1 is 0.279 bits per heavy atom. The first-order valence-corrected chi connectivity index (χ1v) is 40.0. The largest absolute Gasteiger partial charge is 0.462 e. The van der Waals surface area contributed by atoms with Gasteiger partial charge in [0.25, 0.3) is 0 Å². The summed E-state index contributed by atoms with van der Waals surface area (Å²) in [5.41, 5.74) is -3.66. The molecule has 22 nitrogen and oxygen atoms in total. The van der Waals surface area contributed by atoms with Crippen molar-refractivity contribution in [3.63, 3.8) is 0 Å². The third-order valence-corrected chi connectivity index (χ3v) is 24.0. The van der Waals surface area contributed by atoms with Gasteiger partial charge in [0.2, 0.25) is 0 Å². The number of ether oxygens (including phenoxy) is 6. The van der Waals surface area contributed by atoms with Gasteiger partial charge in [-0.3, -0.25) is 38.6 Å². The second-order valence-corrected chi connectivity index (χ2v) is 39.7. The molecule has 6 aliphatic rings. The van der Waals surface area contributed by atoms with Crippen LogP contribution in [0.2, 0.25) is 0 Å². The molecule has 1 unspecified atom stereocenters. The lowest BCUT2D eigenvalue weighted by atomic mass is 9.78. The molecule has 606 valence electrons. The summed E-state index contributed by atoms with van der Waals surface area (Å²) in [6.07, 6.45) is 20.8. The number of rotatable bonds is 28. The van der Waals surface area contributed by atoms with E-state index >= 15 is 0 Å². The Balaban J connectivity index is 0.000000333. The molecule has 0 aliphatic carbocycles. The number of carbonyl (C=O) groups excluding carboxylic acids is 6. The normalized spacial score (nSPS) is 25.2. The van der Waals surface area contributed by atoms with Crippen LogP contribution in [-0.4, -0.2) is 204 Å². The molecule has 0 saturated carbocycles. The zero-order chi connectivity index (χ0) is 79.4. The van der Waals surface area contributed by atoms with E-state index in [0.717, 1.165) is 109 Å². The molecule has 0 aromatic carbocycles. The smallest absolute Gasteiger partial charge is 0.309 e. The van der Waals surface area contributed by atoms with Crippen LogP contribution < -0.4 is 0 Å². The van der Waals surface area contributed by atoms with E-state index in [1.54, 1.807) is 0 Å². The molecule has 0 aromatic heterocycles. The molecular weight excluding hydrogens is 1320 g/mol. The van der Waals surface area contributed by atoms with E-state index in [-0.39, 0.29) is 101 Å². The predicted octanol–water partition coefficient (Wildman–Crippen LogP) is 16.8. The molecule has 1 atom stereocenters. The molecular formula is C82H152N6O16. The molecule has 104 heavy (non-hydrogen) atoms. The van der Waals surface area contributed by atoms with Gasteiger partial charge in [-0.15, -0.1) is 0 Å². The van der Waals surface area contributed by atoms with E-state index in [1.165, 1.54) is 20.3 Å². The lowest BCUT2D eigenvalue weighted by Gasteiger charge is -2.53. The highest BCUT2D eigenvalue weighted by Gasteiger charge is 2.52. The van der Waals surface area contributed by atoms with Gasteiger partial charge in [-0.2, -0.15) is 20.3 Å². The number of hydroxylamine groups is 8. The molecule has 6 rings (SSSR count). The van der Waals surface area contributed by atoms with E-state index in [4.69, 9.17) is 28.4 Å². The number of carbonyl (C=O) groups is 6. The Bertz CT molecular complexity index is 2550. The number of esters is 6. The van der Waals surface area contributed by atoms with Crippen LogP contribution in [0, 0.1) is 5.92 Å². The fraction of sp³-hybridized carbons (Fsp3) is 0.927. The van der Waals surface area contributed by atoms with Crippen molar-refractivity contribution in [2.45, 2.75) is 469 Å². The predicted molar refractivity (Wildman–Crippen MR) is 406 cm³/mol. The summed E-state index contributed by atoms with van der Waals surface area (Å²) in [5, 5.41) is 46.9. The minimum atomic E-state index is -0.507. The van der Waals surface area contributed by atoms with Gasteiger partial charge in [-0.25, -0.2) is 0 Å². The van der Waals surface area contributed by atoms with Gasteiger partial charge in [0, 0.05) is 163 Å². The van der Waals surface area contributed by atoms with Crippen LogP contribution in [0.3, 0.4) is 0 Å². The van der Waals surface area contributed by atoms with E-state index in [9.17, 15) is 49.6 Å². The van der Waals surface area contributed by atoms with E-state index in [1.807, 2.05) is 111 Å². The van der Waals surface area contributed by atoms with E-state index in [0.29, 0.717) is 70.6 Å². The van der Waals surface area contributed by atoms with Crippen molar-refractivity contribution in [1.82, 2.24) is 30.1 Å². The minimum absolute atomic E-state index is 0.00102. The molecule has 6 saturated heterocycles. The summed E-state index contributed by atoms with van der Waals surface area (Å²) in [7, 11) is 4.34. The van der Waals surface area contributed by atoms with Crippen molar-refractivity contribution in [2.75, 3.05) is 14.1 Å². The first kappa shape index (κ1) is 92.8. The maximum absolute atomic E-state index is 13.0. The van der Waals surface area contributed by atoms with E-state index in [2.05, 4.69) is 86.2 Å². The van der Waals surface area contributed by atoms with Crippen molar-refractivity contribution in [3.8, 4) is 0 Å². The number of likely N-dealkylation sites (tertiary alicyclic amines) is 2. The quantitative estimate of drug-likeness (QED) is 0.0322. The van der Waals surface area contributed by atoms with Crippen LogP contribution in [-0.2, 0) is 57.2 Å². The minimum Gasteiger partial charge on any atom is -0.462 e. The van der Waals surface area contributed by atoms with Crippen molar-refractivity contribution in [3.05, 3.63) is 0 Å². The van der Waals surface area contributed by atoms with Crippen LogP contribution in [0.5, 0.6) is 0 Å². The number of piperidine rings is 6. The van der Waals surface area contributed by atoms with Gasteiger partial charge in [0.05, 0.1) is 18.8 Å². The average molecular weight is 1480 g/mol. The fourth-order valence-corrected chi connectivity index (χ4v) is 18.4. The number of nitrogens with zero attached hydrogens (tertiary/aromatic N) is 6. The number of hydrogen-bond acceptors (Lipinski definition) is 22. The molecule has 4 N–H and O–H groups in total. The number of hydrogen-bond donors (Lipinski definition) is 4. The molecule has 6 fully saturated rings. The average Bonchev–Trinajstić information content (AvgIpc) is 0.814. The third-order valence-electron chi connectivity index (χ3n) is 24.0. The fourth-order valence-electron chi connectivity index (χ4n) is 18.4. The number of unbranched alkanes of at least 4 members (excludes halogenated alkanes) is 9. The Hall–Kier alpha value is -3.58. The molecule has 0 aromatic rings. The zero-order valence-corrected chi connectivity index (χ0v) is 70.6. The van der Waals surface area contributed by atoms with Crippen molar-refractivity contribution < 1.29 is 78.0 Å². The van der Waals surface area contributed by atoms with Gasteiger partial charge in [0.1, 0.15) is 36.6 Å². The molecule has 6 aliphatic heterocycles. The molecule has 0 radical (unpaired) electrons. The van der Waals surface area contributed by atoms with Crippen LogP contribution in [0.25, 0.3) is 0 Å². The summed E-state index contributed by atoms with van der Waals surface area (Å²) >= 11 is 0. The molecule has 6 heterocycles. The highest BCUT2D eigenvalue weighted by atomic mass is 16.6. The van der Waals surface area contributed by atoms with Gasteiger partial charge in [-0.1, -0.05) is 58.3 Å². The maximum Gasteiger partial charge on any atom is 0.309 e. The lowest BCUT2D eigenvalue weighted by Crippen LogP contribution is -2.60. The van der Waals surface area contributed by atoms with Gasteiger partial charge >= 0.3 is 35.8 Å². The Morgan fingerprint density at radius 3 is 0.663 bits per heavy atom. The zero-order valence-electron chi connectivity index (χ0n) is 70.6.